The molecule has 0 radical (unpaired) electrons. The van der Waals surface area contributed by atoms with E-state index in [1.54, 1.807) is 0 Å². The number of pyridine rings is 1. The summed E-state index contributed by atoms with van der Waals surface area (Å²) in [7, 11) is 0. The third kappa shape index (κ3) is 2.60. The second kappa shape index (κ2) is 5.47. The molecule has 2 fully saturated rings. The number of hydrogen-bond donors (Lipinski definition) is 1. The van der Waals surface area contributed by atoms with E-state index in [0.29, 0.717) is 6.54 Å². The predicted molar refractivity (Wildman–Crippen MR) is 78.3 cm³/mol. The van der Waals surface area contributed by atoms with Gasteiger partial charge in [-0.15, -0.1) is 0 Å². The maximum atomic E-state index is 5.70. The Bertz CT molecular complexity index is 440. The van der Waals surface area contributed by atoms with Crippen molar-refractivity contribution in [2.24, 2.45) is 5.73 Å². The highest BCUT2D eigenvalue weighted by molar-refractivity contribution is 5.43. The second-order valence-electron chi connectivity index (χ2n) is 5.75. The van der Waals surface area contributed by atoms with Crippen LogP contribution in [0.2, 0.25) is 0 Å². The molecule has 0 spiro atoms. The lowest BCUT2D eigenvalue weighted by molar-refractivity contribution is 0.260. The molecule has 2 aliphatic heterocycles. The van der Waals surface area contributed by atoms with E-state index in [4.69, 9.17) is 10.7 Å². The molecule has 2 N–H and O–H groups in total. The van der Waals surface area contributed by atoms with E-state index >= 15 is 0 Å². The van der Waals surface area contributed by atoms with Crippen molar-refractivity contribution in [1.29, 1.82) is 0 Å². The van der Waals surface area contributed by atoms with E-state index in [1.807, 2.05) is 0 Å². The van der Waals surface area contributed by atoms with Crippen molar-refractivity contribution in [3.63, 3.8) is 0 Å². The number of hydrogen-bond acceptors (Lipinski definition) is 4. The molecular formula is C15H24N4. The first-order valence-corrected chi connectivity index (χ1v) is 7.43. The Morgan fingerprint density at radius 1 is 1.26 bits per heavy atom. The molecule has 0 amide bonds. The number of nitrogens with zero attached hydrogens (tertiary/aromatic N) is 3. The molecule has 2 saturated heterocycles. The summed E-state index contributed by atoms with van der Waals surface area (Å²) in [5, 5.41) is 0. The first-order chi connectivity index (χ1) is 9.28. The topological polar surface area (TPSA) is 45.4 Å². The smallest absolute Gasteiger partial charge is 0.128 e. The fraction of sp³-hybridized carbons (Fsp3) is 0.667. The Kier molecular flexibility index (Phi) is 3.71. The lowest BCUT2D eigenvalue weighted by Crippen LogP contribution is -2.35. The molecule has 0 aliphatic carbocycles. The summed E-state index contributed by atoms with van der Waals surface area (Å²) >= 11 is 0. The maximum Gasteiger partial charge on any atom is 0.128 e. The van der Waals surface area contributed by atoms with Crippen LogP contribution in [0.25, 0.3) is 0 Å². The largest absolute Gasteiger partial charge is 0.355 e. The van der Waals surface area contributed by atoms with Crippen molar-refractivity contribution < 1.29 is 0 Å². The standard InChI is InChI=1S/C15H24N4/c1-12-13(10-16)4-5-15(17-12)19-9-6-14(11-19)18-7-2-3-8-18/h4-5,14H,2-3,6-11,16H2,1H3. The van der Waals surface area contributed by atoms with Crippen LogP contribution in [0.4, 0.5) is 5.82 Å². The molecule has 4 nitrogen and oxygen atoms in total. The van der Waals surface area contributed by atoms with Crippen LogP contribution < -0.4 is 10.6 Å². The highest BCUT2D eigenvalue weighted by atomic mass is 15.3. The van der Waals surface area contributed by atoms with E-state index < -0.39 is 0 Å². The van der Waals surface area contributed by atoms with Gasteiger partial charge in [0.1, 0.15) is 5.82 Å². The average Bonchev–Trinajstić information content (AvgIpc) is 3.09. The number of anilines is 1. The lowest BCUT2D eigenvalue weighted by atomic mass is 10.2. The molecule has 1 unspecified atom stereocenters. The summed E-state index contributed by atoms with van der Waals surface area (Å²) in [6, 6.07) is 4.99. The molecule has 0 aromatic carbocycles. The van der Waals surface area contributed by atoms with Gasteiger partial charge in [0.25, 0.3) is 0 Å². The molecule has 1 aromatic heterocycles. The zero-order valence-corrected chi connectivity index (χ0v) is 11.8. The Morgan fingerprint density at radius 2 is 2.05 bits per heavy atom. The molecular weight excluding hydrogens is 236 g/mol. The van der Waals surface area contributed by atoms with Crippen LogP contribution in [0.15, 0.2) is 12.1 Å². The van der Waals surface area contributed by atoms with Crippen LogP contribution in [0.5, 0.6) is 0 Å². The van der Waals surface area contributed by atoms with E-state index in [1.165, 1.54) is 32.4 Å². The summed E-state index contributed by atoms with van der Waals surface area (Å²) in [6.45, 7) is 7.48. The molecule has 0 bridgehead atoms. The minimum absolute atomic E-state index is 0.579. The van der Waals surface area contributed by atoms with Crippen LogP contribution in [0, 0.1) is 6.92 Å². The molecule has 2 aliphatic rings. The second-order valence-corrected chi connectivity index (χ2v) is 5.75. The average molecular weight is 260 g/mol. The van der Waals surface area contributed by atoms with Gasteiger partial charge in [0, 0.05) is 31.4 Å². The highest BCUT2D eigenvalue weighted by Gasteiger charge is 2.29. The summed E-state index contributed by atoms with van der Waals surface area (Å²) in [4.78, 5) is 9.80. The van der Waals surface area contributed by atoms with Gasteiger partial charge in [-0.2, -0.15) is 0 Å². The van der Waals surface area contributed by atoms with Gasteiger partial charge < -0.3 is 10.6 Å². The number of likely N-dealkylation sites (tertiary alicyclic amines) is 1. The molecule has 1 aromatic rings. The highest BCUT2D eigenvalue weighted by Crippen LogP contribution is 2.24. The summed E-state index contributed by atoms with van der Waals surface area (Å²) < 4.78 is 0. The quantitative estimate of drug-likeness (QED) is 0.895. The van der Waals surface area contributed by atoms with E-state index in [0.717, 1.165) is 36.2 Å². The maximum absolute atomic E-state index is 5.70. The summed E-state index contributed by atoms with van der Waals surface area (Å²) in [6.07, 6.45) is 4.03. The number of nitrogens with two attached hydrogens (primary N) is 1. The Balaban J connectivity index is 1.68. The van der Waals surface area contributed by atoms with Crippen molar-refractivity contribution in [1.82, 2.24) is 9.88 Å². The molecule has 0 saturated carbocycles. The monoisotopic (exact) mass is 260 g/mol. The van der Waals surface area contributed by atoms with Crippen LogP contribution >= 0.6 is 0 Å². The predicted octanol–water partition coefficient (Wildman–Crippen LogP) is 1.52. The van der Waals surface area contributed by atoms with Gasteiger partial charge in [-0.25, -0.2) is 4.98 Å². The van der Waals surface area contributed by atoms with Crippen molar-refractivity contribution in [2.75, 3.05) is 31.1 Å². The van der Waals surface area contributed by atoms with Gasteiger partial charge >= 0.3 is 0 Å². The van der Waals surface area contributed by atoms with Crippen molar-refractivity contribution in [3.8, 4) is 0 Å². The van der Waals surface area contributed by atoms with Gasteiger partial charge in [-0.3, -0.25) is 4.90 Å². The zero-order valence-electron chi connectivity index (χ0n) is 11.8. The molecule has 3 heterocycles. The Labute approximate surface area is 115 Å². The molecule has 4 heteroatoms. The van der Waals surface area contributed by atoms with Crippen LogP contribution in [-0.2, 0) is 6.54 Å². The SMILES string of the molecule is Cc1nc(N2CCC(N3CCCC3)C2)ccc1CN. The van der Waals surface area contributed by atoms with Gasteiger partial charge in [0.2, 0.25) is 0 Å². The number of aryl methyl sites for hydroxylation is 1. The van der Waals surface area contributed by atoms with Crippen molar-refractivity contribution in [2.45, 2.75) is 38.8 Å². The van der Waals surface area contributed by atoms with E-state index in [2.05, 4.69) is 28.9 Å². The van der Waals surface area contributed by atoms with E-state index in [9.17, 15) is 0 Å². The summed E-state index contributed by atoms with van der Waals surface area (Å²) in [5.74, 6) is 1.12. The fourth-order valence-electron chi connectivity index (χ4n) is 3.32. The third-order valence-corrected chi connectivity index (χ3v) is 4.54. The van der Waals surface area contributed by atoms with Crippen molar-refractivity contribution >= 4 is 5.82 Å². The van der Waals surface area contributed by atoms with Gasteiger partial charge in [0.05, 0.1) is 0 Å². The minimum atomic E-state index is 0.579. The number of rotatable bonds is 3. The Morgan fingerprint density at radius 3 is 2.74 bits per heavy atom. The zero-order chi connectivity index (χ0) is 13.2. The Hall–Kier alpha value is -1.13. The molecule has 104 valence electrons. The first kappa shape index (κ1) is 12.9. The normalized spacial score (nSPS) is 24.3. The number of aromatic nitrogens is 1. The first-order valence-electron chi connectivity index (χ1n) is 7.43. The third-order valence-electron chi connectivity index (χ3n) is 4.54. The van der Waals surface area contributed by atoms with Crippen LogP contribution in [0.3, 0.4) is 0 Å². The van der Waals surface area contributed by atoms with Crippen LogP contribution in [-0.4, -0.2) is 42.1 Å². The fourth-order valence-corrected chi connectivity index (χ4v) is 3.32. The van der Waals surface area contributed by atoms with Crippen LogP contribution in [0.1, 0.15) is 30.5 Å². The summed E-state index contributed by atoms with van der Waals surface area (Å²) in [5.41, 5.74) is 7.92. The van der Waals surface area contributed by atoms with Gasteiger partial charge in [0.15, 0.2) is 0 Å². The van der Waals surface area contributed by atoms with E-state index in [-0.39, 0.29) is 0 Å². The molecule has 1 atom stereocenters. The lowest BCUT2D eigenvalue weighted by Gasteiger charge is -2.24. The van der Waals surface area contributed by atoms with Gasteiger partial charge in [-0.05, 0) is 50.9 Å². The molecule has 19 heavy (non-hydrogen) atoms. The molecule has 3 rings (SSSR count). The minimum Gasteiger partial charge on any atom is -0.355 e. The van der Waals surface area contributed by atoms with Crippen molar-refractivity contribution in [3.05, 3.63) is 23.4 Å². The van der Waals surface area contributed by atoms with Gasteiger partial charge in [-0.1, -0.05) is 6.07 Å².